The molecule has 8 heteroatoms. The molecule has 4 aliphatic carbocycles. The van der Waals surface area contributed by atoms with Crippen molar-refractivity contribution in [1.82, 2.24) is 0 Å². The second kappa shape index (κ2) is 11.9. The molecule has 0 bridgehead atoms. The van der Waals surface area contributed by atoms with Gasteiger partial charge in [-0.1, -0.05) is 64.1 Å². The predicted molar refractivity (Wildman–Crippen MR) is 181 cm³/mol. The van der Waals surface area contributed by atoms with Crippen LogP contribution in [-0.4, -0.2) is 64.6 Å². The zero-order chi connectivity index (χ0) is 34.3. The first-order valence-electron chi connectivity index (χ1n) is 18.6. The summed E-state index contributed by atoms with van der Waals surface area (Å²) in [6.45, 7) is 9.85. The van der Waals surface area contributed by atoms with Gasteiger partial charge in [-0.3, -0.25) is 0 Å². The van der Waals surface area contributed by atoms with Crippen LogP contribution in [0.15, 0.2) is 60.7 Å². The number of carbonyl (C=O) groups excluding carboxylic acids is 2. The highest BCUT2D eigenvalue weighted by atomic mass is 16.7. The molecule has 2 saturated heterocycles. The first kappa shape index (κ1) is 33.4. The summed E-state index contributed by atoms with van der Waals surface area (Å²) in [7, 11) is 0. The van der Waals surface area contributed by atoms with Crippen LogP contribution in [-0.2, 0) is 18.9 Å². The van der Waals surface area contributed by atoms with Gasteiger partial charge in [0.2, 0.25) is 0 Å². The second-order valence-electron chi connectivity index (χ2n) is 17.0. The molecule has 8 rings (SSSR count). The van der Waals surface area contributed by atoms with Gasteiger partial charge in [0.15, 0.2) is 5.79 Å². The fourth-order valence-corrected chi connectivity index (χ4v) is 12.1. The maximum atomic E-state index is 13.5. The minimum atomic E-state index is -1.52. The average Bonchev–Trinajstić information content (AvgIpc) is 3.54. The van der Waals surface area contributed by atoms with E-state index in [4.69, 9.17) is 18.9 Å². The highest BCUT2D eigenvalue weighted by Crippen LogP contribution is 2.72. The molecule has 49 heavy (non-hydrogen) atoms. The van der Waals surface area contributed by atoms with E-state index in [1.807, 2.05) is 12.1 Å². The SMILES string of the molecule is C[C@@H]1CC[C@@]2(OC1)O[C@H]1C[C@@H]3[C@@H]4C[C@@H](O)[C@@]5(O)C[C@@H](OC(=O)c6ccccc6)[C@H](OC(=O)c6ccccc6)C[C@]5(C)[C@H]4CC[C@]3(C)[C@H]1[C@@H]2C. The monoisotopic (exact) mass is 672 g/mol. The number of ether oxygens (including phenoxy) is 4. The van der Waals surface area contributed by atoms with E-state index < -0.39 is 47.1 Å². The Kier molecular flexibility index (Phi) is 8.10. The maximum absolute atomic E-state index is 13.5. The van der Waals surface area contributed by atoms with E-state index in [1.165, 1.54) is 0 Å². The van der Waals surface area contributed by atoms with Crippen molar-refractivity contribution in [3.63, 3.8) is 0 Å². The Bertz CT molecular complexity index is 1560. The lowest BCUT2D eigenvalue weighted by Crippen LogP contribution is -2.71. The van der Waals surface area contributed by atoms with Gasteiger partial charge in [0.05, 0.1) is 35.5 Å². The van der Waals surface area contributed by atoms with Crippen molar-refractivity contribution in [3.8, 4) is 0 Å². The highest BCUT2D eigenvalue weighted by Gasteiger charge is 2.73. The Labute approximate surface area is 289 Å². The molecule has 0 amide bonds. The van der Waals surface area contributed by atoms with Gasteiger partial charge in [-0.25, -0.2) is 9.59 Å². The molecule has 14 atom stereocenters. The van der Waals surface area contributed by atoms with E-state index >= 15 is 0 Å². The number of benzene rings is 2. The van der Waals surface area contributed by atoms with Crippen molar-refractivity contribution in [2.75, 3.05) is 6.61 Å². The molecule has 0 aromatic heterocycles. The van der Waals surface area contributed by atoms with Crippen LogP contribution in [0.1, 0.15) is 99.8 Å². The fraction of sp³-hybridized carbons (Fsp3) is 0.659. The molecule has 6 aliphatic rings. The van der Waals surface area contributed by atoms with Gasteiger partial charge >= 0.3 is 11.9 Å². The predicted octanol–water partition coefficient (Wildman–Crippen LogP) is 6.58. The number of rotatable bonds is 4. The molecule has 0 radical (unpaired) electrons. The topological polar surface area (TPSA) is 112 Å². The fourth-order valence-electron chi connectivity index (χ4n) is 12.1. The smallest absolute Gasteiger partial charge is 0.338 e. The third kappa shape index (κ3) is 5.06. The lowest BCUT2D eigenvalue weighted by atomic mass is 9.42. The Morgan fingerprint density at radius 1 is 0.816 bits per heavy atom. The van der Waals surface area contributed by atoms with Gasteiger partial charge in [-0.2, -0.15) is 0 Å². The van der Waals surface area contributed by atoms with Crippen LogP contribution in [0.25, 0.3) is 0 Å². The summed E-state index contributed by atoms with van der Waals surface area (Å²) < 4.78 is 25.7. The molecule has 1 spiro atoms. The van der Waals surface area contributed by atoms with Gasteiger partial charge in [0, 0.05) is 24.2 Å². The number of hydrogen-bond acceptors (Lipinski definition) is 8. The van der Waals surface area contributed by atoms with Crippen molar-refractivity contribution in [2.24, 2.45) is 46.3 Å². The zero-order valence-corrected chi connectivity index (χ0v) is 29.3. The van der Waals surface area contributed by atoms with E-state index in [1.54, 1.807) is 48.5 Å². The molecule has 0 unspecified atom stereocenters. The molecule has 2 aromatic carbocycles. The van der Waals surface area contributed by atoms with E-state index in [-0.39, 0.29) is 42.1 Å². The van der Waals surface area contributed by atoms with Crippen molar-refractivity contribution < 1.29 is 38.7 Å². The van der Waals surface area contributed by atoms with Crippen molar-refractivity contribution in [2.45, 2.75) is 115 Å². The van der Waals surface area contributed by atoms with E-state index in [9.17, 15) is 19.8 Å². The lowest BCUT2D eigenvalue weighted by molar-refractivity contribution is -0.286. The molecule has 2 N–H and O–H groups in total. The zero-order valence-electron chi connectivity index (χ0n) is 29.3. The van der Waals surface area contributed by atoms with Crippen molar-refractivity contribution in [3.05, 3.63) is 71.8 Å². The molecule has 2 heterocycles. The summed E-state index contributed by atoms with van der Waals surface area (Å²) in [6, 6.07) is 17.5. The number of carbonyl (C=O) groups is 2. The number of aliphatic hydroxyl groups is 2. The minimum absolute atomic E-state index is 0.00912. The van der Waals surface area contributed by atoms with Crippen LogP contribution in [0.2, 0.25) is 0 Å². The molecule has 2 aliphatic heterocycles. The average molecular weight is 673 g/mol. The first-order valence-corrected chi connectivity index (χ1v) is 18.6. The van der Waals surface area contributed by atoms with Crippen LogP contribution in [0.4, 0.5) is 0 Å². The van der Waals surface area contributed by atoms with Gasteiger partial charge in [-0.15, -0.1) is 0 Å². The van der Waals surface area contributed by atoms with Crippen molar-refractivity contribution in [1.29, 1.82) is 0 Å². The summed E-state index contributed by atoms with van der Waals surface area (Å²) in [5, 5.41) is 24.7. The summed E-state index contributed by atoms with van der Waals surface area (Å²) in [6.07, 6.45) is 3.05. The molecule has 264 valence electrons. The Hall–Kier alpha value is -2.78. The van der Waals surface area contributed by atoms with Gasteiger partial charge in [0.1, 0.15) is 12.2 Å². The largest absolute Gasteiger partial charge is 0.455 e. The van der Waals surface area contributed by atoms with Crippen molar-refractivity contribution >= 4 is 11.9 Å². The third-order valence-corrected chi connectivity index (χ3v) is 14.6. The van der Waals surface area contributed by atoms with Gasteiger partial charge < -0.3 is 29.2 Å². The summed E-state index contributed by atoms with van der Waals surface area (Å²) in [4.78, 5) is 26.8. The molecule has 2 aromatic rings. The molecule has 6 fully saturated rings. The van der Waals surface area contributed by atoms with E-state index in [2.05, 4.69) is 27.7 Å². The number of aliphatic hydroxyl groups excluding tert-OH is 1. The van der Waals surface area contributed by atoms with Crippen LogP contribution >= 0.6 is 0 Å². The molecular formula is C41H52O8. The quantitative estimate of drug-likeness (QED) is 0.351. The Morgan fingerprint density at radius 3 is 2.02 bits per heavy atom. The minimum Gasteiger partial charge on any atom is -0.455 e. The van der Waals surface area contributed by atoms with Crippen LogP contribution in [0, 0.1) is 46.3 Å². The second-order valence-corrected chi connectivity index (χ2v) is 17.0. The number of fused-ring (bicyclic) bond motifs is 7. The molecule has 4 saturated carbocycles. The van der Waals surface area contributed by atoms with Gasteiger partial charge in [-0.05, 0) is 97.8 Å². The standard InChI is InChI=1S/C41H52O8/c1-24-15-18-41(46-23-24)25(2)35-31(49-41)20-30-28-19-34(42)40(45)22-33(48-37(44)27-13-9-6-10-14-27)32(47-36(43)26-11-7-5-8-12-26)21-39(40,4)29(28)16-17-38(30,35)3/h5-14,24-25,28-35,42,45H,15-23H2,1-4H3/t24-,25+,28-,29+,30-,31+,32-,33-,34-,35+,38+,39-,40+,41-/m1/s1. The third-order valence-electron chi connectivity index (χ3n) is 14.6. The van der Waals surface area contributed by atoms with Crippen LogP contribution < -0.4 is 0 Å². The summed E-state index contributed by atoms with van der Waals surface area (Å²) in [5.41, 5.74) is -1.47. The Balaban J connectivity index is 1.08. The summed E-state index contributed by atoms with van der Waals surface area (Å²) >= 11 is 0. The van der Waals surface area contributed by atoms with E-state index in [0.717, 1.165) is 38.7 Å². The van der Waals surface area contributed by atoms with Gasteiger partial charge in [0.25, 0.3) is 0 Å². The van der Waals surface area contributed by atoms with Crippen LogP contribution in [0.3, 0.4) is 0 Å². The first-order chi connectivity index (χ1) is 23.4. The molecular weight excluding hydrogens is 620 g/mol. The highest BCUT2D eigenvalue weighted by molar-refractivity contribution is 5.90. The Morgan fingerprint density at radius 2 is 1.43 bits per heavy atom. The van der Waals surface area contributed by atoms with Crippen LogP contribution in [0.5, 0.6) is 0 Å². The number of hydrogen-bond donors (Lipinski definition) is 2. The normalized spacial score (nSPS) is 47.0. The molecule has 8 nitrogen and oxygen atoms in total. The number of esters is 2. The lowest BCUT2D eigenvalue weighted by Gasteiger charge is -2.66. The van der Waals surface area contributed by atoms with E-state index in [0.29, 0.717) is 35.3 Å². The summed E-state index contributed by atoms with van der Waals surface area (Å²) in [5.74, 6) is 0.296. The maximum Gasteiger partial charge on any atom is 0.338 e.